The van der Waals surface area contributed by atoms with E-state index in [4.69, 9.17) is 4.74 Å². The zero-order chi connectivity index (χ0) is 14.3. The number of hydrogen-bond donors (Lipinski definition) is 2. The third kappa shape index (κ3) is 5.46. The maximum Gasteiger partial charge on any atom is 0.338 e. The van der Waals surface area contributed by atoms with Crippen LogP contribution in [0, 0.1) is 0 Å². The van der Waals surface area contributed by atoms with Crippen molar-refractivity contribution in [1.82, 2.24) is 10.0 Å². The van der Waals surface area contributed by atoms with Gasteiger partial charge < -0.3 is 10.1 Å². The molecule has 20 heavy (non-hydrogen) atoms. The van der Waals surface area contributed by atoms with Crippen molar-refractivity contribution in [2.75, 3.05) is 26.7 Å². The van der Waals surface area contributed by atoms with Crippen molar-refractivity contribution in [1.29, 1.82) is 0 Å². The summed E-state index contributed by atoms with van der Waals surface area (Å²) in [7, 11) is -1.79. The summed E-state index contributed by atoms with van der Waals surface area (Å²) in [6.45, 7) is 2.84. The van der Waals surface area contributed by atoms with E-state index >= 15 is 0 Å². The van der Waals surface area contributed by atoms with Crippen LogP contribution in [-0.4, -0.2) is 41.1 Å². The van der Waals surface area contributed by atoms with E-state index in [1.54, 1.807) is 14.0 Å². The zero-order valence-electron chi connectivity index (χ0n) is 11.4. The van der Waals surface area contributed by atoms with Crippen molar-refractivity contribution in [3.63, 3.8) is 0 Å². The number of rotatable bonds is 7. The number of benzene rings is 1. The molecule has 1 aromatic carbocycles. The highest BCUT2D eigenvalue weighted by Crippen LogP contribution is 2.11. The molecule has 0 heterocycles. The van der Waals surface area contributed by atoms with Gasteiger partial charge in [0.05, 0.1) is 17.1 Å². The third-order valence-corrected chi connectivity index (χ3v) is 3.82. The molecule has 0 amide bonds. The van der Waals surface area contributed by atoms with E-state index in [2.05, 4.69) is 10.0 Å². The van der Waals surface area contributed by atoms with Gasteiger partial charge in [-0.1, -0.05) is 0 Å². The quantitative estimate of drug-likeness (QED) is 0.572. The second kappa shape index (κ2) is 8.91. The Bertz CT molecular complexity index is 517. The van der Waals surface area contributed by atoms with Crippen molar-refractivity contribution in [3.05, 3.63) is 29.8 Å². The van der Waals surface area contributed by atoms with Crippen LogP contribution in [0.15, 0.2) is 29.2 Å². The summed E-state index contributed by atoms with van der Waals surface area (Å²) in [6, 6.07) is 5.64. The smallest absolute Gasteiger partial charge is 0.338 e. The van der Waals surface area contributed by atoms with Crippen LogP contribution in [-0.2, 0) is 14.8 Å². The van der Waals surface area contributed by atoms with Crippen LogP contribution < -0.4 is 10.0 Å². The molecule has 0 aromatic heterocycles. The number of halogens is 1. The van der Waals surface area contributed by atoms with Crippen LogP contribution in [0.4, 0.5) is 0 Å². The van der Waals surface area contributed by atoms with Crippen molar-refractivity contribution < 1.29 is 17.9 Å². The Morgan fingerprint density at radius 1 is 1.20 bits per heavy atom. The predicted octanol–water partition coefficient (Wildman–Crippen LogP) is 0.783. The molecule has 8 heteroatoms. The van der Waals surface area contributed by atoms with Gasteiger partial charge in [0.25, 0.3) is 0 Å². The summed E-state index contributed by atoms with van der Waals surface area (Å²) in [4.78, 5) is 11.5. The zero-order valence-corrected chi connectivity index (χ0v) is 13.0. The summed E-state index contributed by atoms with van der Waals surface area (Å²) in [5.74, 6) is -0.463. The molecule has 0 saturated heterocycles. The van der Waals surface area contributed by atoms with Crippen LogP contribution in [0.1, 0.15) is 17.3 Å². The maximum atomic E-state index is 11.9. The van der Waals surface area contributed by atoms with Gasteiger partial charge in [0.2, 0.25) is 10.0 Å². The first kappa shape index (κ1) is 18.9. The number of esters is 1. The molecule has 0 aliphatic rings. The lowest BCUT2D eigenvalue weighted by atomic mass is 10.2. The van der Waals surface area contributed by atoms with Gasteiger partial charge in [0.15, 0.2) is 0 Å². The summed E-state index contributed by atoms with van der Waals surface area (Å²) >= 11 is 0. The molecule has 0 saturated carbocycles. The van der Waals surface area contributed by atoms with Crippen molar-refractivity contribution >= 4 is 28.4 Å². The first-order valence-electron chi connectivity index (χ1n) is 5.92. The Balaban J connectivity index is 0.00000361. The molecule has 0 fully saturated rings. The van der Waals surface area contributed by atoms with E-state index in [9.17, 15) is 13.2 Å². The average Bonchev–Trinajstić information content (AvgIpc) is 2.39. The molecule has 2 N–H and O–H groups in total. The molecule has 0 aliphatic carbocycles. The van der Waals surface area contributed by atoms with Crippen molar-refractivity contribution in [2.45, 2.75) is 11.8 Å². The molecule has 114 valence electrons. The molecule has 0 unspecified atom stereocenters. The van der Waals surface area contributed by atoms with Gasteiger partial charge in [-0.15, -0.1) is 12.4 Å². The Hall–Kier alpha value is -1.15. The number of likely N-dealkylation sites (N-methyl/N-ethyl adjacent to an activating group) is 1. The SMILES string of the molecule is CCOC(=O)c1ccc(S(=O)(=O)NCCNC)cc1.Cl. The molecule has 1 aromatic rings. The van der Waals surface area contributed by atoms with E-state index in [1.807, 2.05) is 0 Å². The average molecular weight is 323 g/mol. The number of hydrogen-bond acceptors (Lipinski definition) is 5. The fraction of sp³-hybridized carbons (Fsp3) is 0.417. The van der Waals surface area contributed by atoms with Gasteiger partial charge in [-0.25, -0.2) is 17.9 Å². The summed E-state index contributed by atoms with van der Waals surface area (Å²) in [6.07, 6.45) is 0. The minimum atomic E-state index is -3.53. The van der Waals surface area contributed by atoms with Crippen LogP contribution in [0.5, 0.6) is 0 Å². The monoisotopic (exact) mass is 322 g/mol. The number of sulfonamides is 1. The van der Waals surface area contributed by atoms with E-state index in [1.165, 1.54) is 24.3 Å². The van der Waals surface area contributed by atoms with E-state index in [-0.39, 0.29) is 23.9 Å². The lowest BCUT2D eigenvalue weighted by Crippen LogP contribution is -2.30. The fourth-order valence-corrected chi connectivity index (χ4v) is 2.41. The second-order valence-corrected chi connectivity index (χ2v) is 5.51. The molecule has 0 spiro atoms. The lowest BCUT2D eigenvalue weighted by Gasteiger charge is -2.07. The standard InChI is InChI=1S/C12H18N2O4S.ClH/c1-3-18-12(15)10-4-6-11(7-5-10)19(16,17)14-9-8-13-2;/h4-7,13-14H,3,8-9H2,1-2H3;1H. The largest absolute Gasteiger partial charge is 0.462 e. The summed E-state index contributed by atoms with van der Waals surface area (Å²) in [5.41, 5.74) is 0.330. The van der Waals surface area contributed by atoms with Gasteiger partial charge in [0.1, 0.15) is 0 Å². The van der Waals surface area contributed by atoms with Crippen LogP contribution in [0.3, 0.4) is 0 Å². The molecule has 6 nitrogen and oxygen atoms in total. The molecular weight excluding hydrogens is 304 g/mol. The topological polar surface area (TPSA) is 84.5 Å². The van der Waals surface area contributed by atoms with Gasteiger partial charge in [-0.05, 0) is 38.2 Å². The number of carbonyl (C=O) groups excluding carboxylic acids is 1. The van der Waals surface area contributed by atoms with Crippen LogP contribution in [0.25, 0.3) is 0 Å². The lowest BCUT2D eigenvalue weighted by molar-refractivity contribution is 0.0526. The molecule has 0 aliphatic heterocycles. The molecule has 0 bridgehead atoms. The van der Waals surface area contributed by atoms with E-state index in [0.29, 0.717) is 18.7 Å². The maximum absolute atomic E-state index is 11.9. The van der Waals surface area contributed by atoms with E-state index < -0.39 is 16.0 Å². The highest BCUT2D eigenvalue weighted by Gasteiger charge is 2.14. The van der Waals surface area contributed by atoms with Gasteiger partial charge >= 0.3 is 5.97 Å². The second-order valence-electron chi connectivity index (χ2n) is 3.75. The molecule has 0 atom stereocenters. The third-order valence-electron chi connectivity index (χ3n) is 2.34. The predicted molar refractivity (Wildman–Crippen MR) is 78.8 cm³/mol. The highest BCUT2D eigenvalue weighted by atomic mass is 35.5. The minimum absolute atomic E-state index is 0. The Morgan fingerprint density at radius 2 is 1.80 bits per heavy atom. The van der Waals surface area contributed by atoms with E-state index in [0.717, 1.165) is 0 Å². The number of ether oxygens (including phenoxy) is 1. The van der Waals surface area contributed by atoms with Crippen LogP contribution >= 0.6 is 12.4 Å². The summed E-state index contributed by atoms with van der Waals surface area (Å²) < 4.78 is 31.0. The first-order chi connectivity index (χ1) is 9.01. The molecule has 0 radical (unpaired) electrons. The van der Waals surface area contributed by atoms with Gasteiger partial charge in [0, 0.05) is 13.1 Å². The summed E-state index contributed by atoms with van der Waals surface area (Å²) in [5, 5.41) is 2.84. The van der Waals surface area contributed by atoms with Crippen LogP contribution in [0.2, 0.25) is 0 Å². The fourth-order valence-electron chi connectivity index (χ4n) is 1.38. The van der Waals surface area contributed by atoms with Gasteiger partial charge in [-0.3, -0.25) is 0 Å². The van der Waals surface area contributed by atoms with Gasteiger partial charge in [-0.2, -0.15) is 0 Å². The normalized spacial score (nSPS) is 10.7. The number of nitrogens with one attached hydrogen (secondary N) is 2. The van der Waals surface area contributed by atoms with Crippen molar-refractivity contribution in [3.8, 4) is 0 Å². The van der Waals surface area contributed by atoms with Crippen molar-refractivity contribution in [2.24, 2.45) is 0 Å². The Kier molecular flexibility index (Phi) is 8.40. The Labute approximate surface area is 125 Å². The highest BCUT2D eigenvalue weighted by molar-refractivity contribution is 7.89. The Morgan fingerprint density at radius 3 is 2.30 bits per heavy atom. The molecule has 1 rings (SSSR count). The number of carbonyl (C=O) groups is 1. The minimum Gasteiger partial charge on any atom is -0.462 e. The molecular formula is C12H19ClN2O4S. The first-order valence-corrected chi connectivity index (χ1v) is 7.41.